The van der Waals surface area contributed by atoms with Crippen LogP contribution in [-0.4, -0.2) is 37.3 Å². The van der Waals surface area contributed by atoms with E-state index in [-0.39, 0.29) is 6.61 Å². The summed E-state index contributed by atoms with van der Waals surface area (Å²) in [6, 6.07) is 7.81. The van der Waals surface area contributed by atoms with Gasteiger partial charge in [-0.3, -0.25) is 0 Å². The first kappa shape index (κ1) is 18.7. The highest BCUT2D eigenvalue weighted by molar-refractivity contribution is 5.45. The molecule has 0 unspecified atom stereocenters. The maximum atomic E-state index is 11.7. The number of hydrogen-bond donors (Lipinski definition) is 2. The van der Waals surface area contributed by atoms with E-state index in [0.717, 1.165) is 17.5 Å². The van der Waals surface area contributed by atoms with Crippen LogP contribution < -0.4 is 0 Å². The molecule has 0 saturated carbocycles. The van der Waals surface area contributed by atoms with Gasteiger partial charge in [-0.25, -0.2) is 0 Å². The number of fused-ring (bicyclic) bond motifs is 1. The molecule has 0 bridgehead atoms. The lowest BCUT2D eigenvalue weighted by Gasteiger charge is -2.49. The largest absolute Gasteiger partial charge is 0.392 e. The molecule has 4 nitrogen and oxygen atoms in total. The van der Waals surface area contributed by atoms with Crippen molar-refractivity contribution < 1.29 is 19.7 Å². The number of hydrogen-bond acceptors (Lipinski definition) is 4. The van der Waals surface area contributed by atoms with Crippen LogP contribution in [0, 0.1) is 17.3 Å². The molecule has 0 aliphatic heterocycles. The standard InChI is InChI=1S/C20H26O4/c1-15(11-14-21)9-13-20(22)17-8-6-5-7-16(17)10-12-19(20,2)18(23-3)24-4/h5-8,11,18,21-22H,10,12,14H2,1-4H3/b15-11-/t19-,20+/m0/s1. The lowest BCUT2D eigenvalue weighted by atomic mass is 9.61. The van der Waals surface area contributed by atoms with Gasteiger partial charge in [0.15, 0.2) is 11.9 Å². The molecule has 0 spiro atoms. The molecule has 0 fully saturated rings. The van der Waals surface area contributed by atoms with Crippen molar-refractivity contribution in [2.45, 2.75) is 38.6 Å². The summed E-state index contributed by atoms with van der Waals surface area (Å²) in [5.41, 5.74) is 0.451. The second-order valence-corrected chi connectivity index (χ2v) is 6.41. The zero-order chi connectivity index (χ0) is 17.8. The molecule has 4 heteroatoms. The van der Waals surface area contributed by atoms with Gasteiger partial charge in [0.05, 0.1) is 12.0 Å². The molecule has 2 rings (SSSR count). The molecule has 0 radical (unpaired) electrons. The van der Waals surface area contributed by atoms with Gasteiger partial charge >= 0.3 is 0 Å². The molecule has 2 atom stereocenters. The third kappa shape index (κ3) is 3.13. The fourth-order valence-electron chi connectivity index (χ4n) is 3.47. The number of aliphatic hydroxyl groups is 2. The maximum absolute atomic E-state index is 11.7. The molecule has 0 aromatic heterocycles. The Morgan fingerprint density at radius 2 is 2.00 bits per heavy atom. The zero-order valence-corrected chi connectivity index (χ0v) is 14.8. The zero-order valence-electron chi connectivity index (χ0n) is 14.8. The third-order valence-corrected chi connectivity index (χ3v) is 4.93. The van der Waals surface area contributed by atoms with Crippen molar-refractivity contribution in [3.8, 4) is 11.8 Å². The minimum Gasteiger partial charge on any atom is -0.392 e. The SMILES string of the molecule is COC(OC)[C@]1(C)CCc2ccccc2[C@]1(O)C#C/C(C)=C\CO. The van der Waals surface area contributed by atoms with Crippen molar-refractivity contribution in [1.29, 1.82) is 0 Å². The molecular formula is C20H26O4. The Balaban J connectivity index is 2.63. The van der Waals surface area contributed by atoms with Crippen molar-refractivity contribution in [2.24, 2.45) is 5.41 Å². The Hall–Kier alpha value is -1.64. The molecule has 0 heterocycles. The summed E-state index contributed by atoms with van der Waals surface area (Å²) < 4.78 is 11.0. The van der Waals surface area contributed by atoms with Crippen LogP contribution in [0.2, 0.25) is 0 Å². The van der Waals surface area contributed by atoms with Crippen molar-refractivity contribution >= 4 is 0 Å². The second kappa shape index (κ2) is 7.50. The van der Waals surface area contributed by atoms with E-state index >= 15 is 0 Å². The van der Waals surface area contributed by atoms with Crippen molar-refractivity contribution in [3.05, 3.63) is 47.0 Å². The number of aryl methyl sites for hydroxylation is 1. The molecule has 1 aliphatic rings. The van der Waals surface area contributed by atoms with E-state index in [2.05, 4.69) is 11.8 Å². The Morgan fingerprint density at radius 3 is 2.62 bits per heavy atom. The summed E-state index contributed by atoms with van der Waals surface area (Å²) in [5.74, 6) is 6.03. The summed E-state index contributed by atoms with van der Waals surface area (Å²) in [5, 5.41) is 20.7. The van der Waals surface area contributed by atoms with Gasteiger partial charge in [0.1, 0.15) is 0 Å². The first-order valence-electron chi connectivity index (χ1n) is 8.10. The van der Waals surface area contributed by atoms with Gasteiger partial charge in [0, 0.05) is 14.2 Å². The summed E-state index contributed by atoms with van der Waals surface area (Å²) in [6.45, 7) is 3.68. The van der Waals surface area contributed by atoms with Crippen molar-refractivity contribution in [3.63, 3.8) is 0 Å². The number of ether oxygens (including phenoxy) is 2. The molecule has 2 N–H and O–H groups in total. The Labute approximate surface area is 144 Å². The van der Waals surface area contributed by atoms with E-state index in [9.17, 15) is 5.11 Å². The smallest absolute Gasteiger partial charge is 0.166 e. The predicted octanol–water partition coefficient (Wildman–Crippen LogP) is 2.39. The summed E-state index contributed by atoms with van der Waals surface area (Å²) >= 11 is 0. The van der Waals surface area contributed by atoms with Crippen LogP contribution in [0.25, 0.3) is 0 Å². The average Bonchev–Trinajstić information content (AvgIpc) is 2.58. The molecule has 24 heavy (non-hydrogen) atoms. The predicted molar refractivity (Wildman–Crippen MR) is 93.2 cm³/mol. The lowest BCUT2D eigenvalue weighted by molar-refractivity contribution is -0.229. The number of allylic oxidation sites excluding steroid dienone is 1. The highest BCUT2D eigenvalue weighted by Crippen LogP contribution is 2.51. The highest BCUT2D eigenvalue weighted by atomic mass is 16.7. The van der Waals surface area contributed by atoms with Gasteiger partial charge < -0.3 is 19.7 Å². The van der Waals surface area contributed by atoms with Crippen molar-refractivity contribution in [2.75, 3.05) is 20.8 Å². The minimum atomic E-state index is -1.41. The fraction of sp³-hybridized carbons (Fsp3) is 0.500. The van der Waals surface area contributed by atoms with E-state index in [1.807, 2.05) is 38.1 Å². The molecule has 1 aromatic carbocycles. The van der Waals surface area contributed by atoms with Gasteiger partial charge in [-0.15, -0.1) is 0 Å². The molecule has 0 saturated heterocycles. The Bertz CT molecular complexity index is 666. The van der Waals surface area contributed by atoms with E-state index < -0.39 is 17.3 Å². The highest BCUT2D eigenvalue weighted by Gasteiger charge is 2.55. The second-order valence-electron chi connectivity index (χ2n) is 6.41. The molecule has 130 valence electrons. The molecule has 0 amide bonds. The monoisotopic (exact) mass is 330 g/mol. The van der Waals surface area contributed by atoms with Gasteiger partial charge in [0.2, 0.25) is 0 Å². The van der Waals surface area contributed by atoms with E-state index in [1.54, 1.807) is 20.3 Å². The number of methoxy groups -OCH3 is 2. The van der Waals surface area contributed by atoms with Crippen LogP contribution in [0.3, 0.4) is 0 Å². The quantitative estimate of drug-likeness (QED) is 0.657. The van der Waals surface area contributed by atoms with Crippen LogP contribution >= 0.6 is 0 Å². The minimum absolute atomic E-state index is 0.0778. The maximum Gasteiger partial charge on any atom is 0.166 e. The third-order valence-electron chi connectivity index (χ3n) is 4.93. The van der Waals surface area contributed by atoms with E-state index in [4.69, 9.17) is 14.6 Å². The summed E-state index contributed by atoms with van der Waals surface area (Å²) in [4.78, 5) is 0. The fourth-order valence-corrected chi connectivity index (χ4v) is 3.47. The summed E-state index contributed by atoms with van der Waals surface area (Å²) in [7, 11) is 3.15. The van der Waals surface area contributed by atoms with E-state index in [1.165, 1.54) is 0 Å². The van der Waals surface area contributed by atoms with Gasteiger partial charge in [0.25, 0.3) is 0 Å². The van der Waals surface area contributed by atoms with Gasteiger partial charge in [-0.1, -0.05) is 43.0 Å². The van der Waals surface area contributed by atoms with Crippen LogP contribution in [-0.2, 0) is 21.5 Å². The summed E-state index contributed by atoms with van der Waals surface area (Å²) in [6.07, 6.45) is 2.54. The van der Waals surface area contributed by atoms with Crippen LogP contribution in [0.15, 0.2) is 35.9 Å². The first-order chi connectivity index (χ1) is 11.4. The van der Waals surface area contributed by atoms with Crippen LogP contribution in [0.5, 0.6) is 0 Å². The first-order valence-corrected chi connectivity index (χ1v) is 8.10. The van der Waals surface area contributed by atoms with Crippen molar-refractivity contribution in [1.82, 2.24) is 0 Å². The lowest BCUT2D eigenvalue weighted by Crippen LogP contribution is -2.54. The van der Waals surface area contributed by atoms with Gasteiger partial charge in [-0.2, -0.15) is 0 Å². The van der Waals surface area contributed by atoms with Gasteiger partial charge in [-0.05, 0) is 42.5 Å². The number of rotatable bonds is 4. The number of aliphatic hydroxyl groups excluding tert-OH is 1. The Morgan fingerprint density at radius 1 is 1.33 bits per heavy atom. The molecule has 1 aromatic rings. The van der Waals surface area contributed by atoms with Crippen LogP contribution in [0.4, 0.5) is 0 Å². The van der Waals surface area contributed by atoms with Crippen LogP contribution in [0.1, 0.15) is 31.4 Å². The average molecular weight is 330 g/mol. The normalized spacial score (nSPS) is 26.7. The molecular weight excluding hydrogens is 304 g/mol. The Kier molecular flexibility index (Phi) is 5.84. The number of benzene rings is 1. The topological polar surface area (TPSA) is 58.9 Å². The van der Waals surface area contributed by atoms with E-state index in [0.29, 0.717) is 12.0 Å². The molecule has 1 aliphatic carbocycles.